The van der Waals surface area contributed by atoms with Crippen molar-refractivity contribution in [2.45, 2.75) is 31.9 Å². The van der Waals surface area contributed by atoms with E-state index in [0.29, 0.717) is 16.5 Å². The van der Waals surface area contributed by atoms with E-state index in [1.807, 2.05) is 0 Å². The molecule has 2 aromatic rings. The number of hydrogen-bond acceptors (Lipinski definition) is 6. The Kier molecular flexibility index (Phi) is 5.07. The molecule has 2 heterocycles. The Balaban J connectivity index is 2.32. The molecule has 0 bridgehead atoms. The van der Waals surface area contributed by atoms with Crippen LogP contribution in [0.5, 0.6) is 0 Å². The van der Waals surface area contributed by atoms with E-state index in [9.17, 15) is 23.1 Å². The van der Waals surface area contributed by atoms with Crippen molar-refractivity contribution in [3.63, 3.8) is 0 Å². The van der Waals surface area contributed by atoms with Crippen LogP contribution >= 0.6 is 0 Å². The van der Waals surface area contributed by atoms with Crippen LogP contribution in [0.3, 0.4) is 0 Å². The number of fused-ring (bicyclic) bond motifs is 1. The van der Waals surface area contributed by atoms with Gasteiger partial charge in [-0.15, -0.1) is 0 Å². The Morgan fingerprint density at radius 1 is 1.43 bits per heavy atom. The summed E-state index contributed by atoms with van der Waals surface area (Å²) in [6, 6.07) is 2.88. The van der Waals surface area contributed by atoms with Crippen LogP contribution in [0.25, 0.3) is 10.9 Å². The number of aromatic nitrogens is 2. The maximum Gasteiger partial charge on any atom is 0.356 e. The summed E-state index contributed by atoms with van der Waals surface area (Å²) in [7, 11) is -4.24. The normalized spacial score (nSPS) is 20.0. The number of aliphatic hydroxyl groups excluding tert-OH is 1. The van der Waals surface area contributed by atoms with E-state index < -0.39 is 26.3 Å². The number of carbonyl (C=O) groups excluding carboxylic acids is 1. The number of carbonyl (C=O) groups is 1. The Morgan fingerprint density at radius 2 is 2.14 bits per heavy atom. The Hall–Kier alpha value is -2.65. The van der Waals surface area contributed by atoms with Crippen LogP contribution in [-0.4, -0.2) is 46.4 Å². The molecule has 0 aromatic carbocycles. The van der Waals surface area contributed by atoms with Gasteiger partial charge in [-0.1, -0.05) is 17.7 Å². The number of pyridine rings is 1. The quantitative estimate of drug-likeness (QED) is 0.730. The van der Waals surface area contributed by atoms with Gasteiger partial charge in [0, 0.05) is 11.6 Å². The molecule has 9 heteroatoms. The van der Waals surface area contributed by atoms with E-state index in [1.54, 1.807) is 26.0 Å². The van der Waals surface area contributed by atoms with Crippen LogP contribution in [0.15, 0.2) is 46.4 Å². The molecule has 1 aliphatic rings. The van der Waals surface area contributed by atoms with Gasteiger partial charge in [0.25, 0.3) is 5.56 Å². The number of ether oxygens (including phenoxy) is 1. The number of H-pyrrole nitrogens is 1. The van der Waals surface area contributed by atoms with Gasteiger partial charge < -0.3 is 14.8 Å². The van der Waals surface area contributed by atoms with Crippen LogP contribution in [0, 0.1) is 0 Å². The van der Waals surface area contributed by atoms with E-state index in [4.69, 9.17) is 4.74 Å². The molecular weight excluding hydrogens is 384 g/mol. The highest BCUT2D eigenvalue weighted by atomic mass is 32.2. The first kappa shape index (κ1) is 20.1. The second-order valence-electron chi connectivity index (χ2n) is 6.83. The molecule has 0 radical (unpaired) electrons. The van der Waals surface area contributed by atoms with Crippen molar-refractivity contribution in [3.05, 3.63) is 57.7 Å². The summed E-state index contributed by atoms with van der Waals surface area (Å²) in [6.45, 7) is 4.67. The molecule has 0 aliphatic heterocycles. The first-order chi connectivity index (χ1) is 13.2. The molecule has 0 fully saturated rings. The summed E-state index contributed by atoms with van der Waals surface area (Å²) in [5.41, 5.74) is 0.148. The molecule has 1 atom stereocenters. The first-order valence-corrected chi connectivity index (χ1v) is 10.3. The molecule has 0 saturated heterocycles. The van der Waals surface area contributed by atoms with Gasteiger partial charge in [0.15, 0.2) is 0 Å². The third-order valence-electron chi connectivity index (χ3n) is 5.15. The molecule has 8 nitrogen and oxygen atoms in total. The van der Waals surface area contributed by atoms with Gasteiger partial charge in [-0.3, -0.25) is 4.79 Å². The SMILES string of the molecule is CCOC(=O)c1cc2cc[nH]c(=O)c2n1S(=O)(=O)C1(C)CC=C(CO)C=C1C. The van der Waals surface area contributed by atoms with E-state index in [2.05, 4.69) is 4.98 Å². The van der Waals surface area contributed by atoms with Crippen molar-refractivity contribution < 1.29 is 23.1 Å². The lowest BCUT2D eigenvalue weighted by molar-refractivity contribution is 0.0518. The topological polar surface area (TPSA) is 118 Å². The minimum absolute atomic E-state index is 0.0650. The third kappa shape index (κ3) is 2.91. The fourth-order valence-corrected chi connectivity index (χ4v) is 5.31. The highest BCUT2D eigenvalue weighted by Crippen LogP contribution is 2.38. The van der Waals surface area contributed by atoms with Crippen molar-refractivity contribution in [2.24, 2.45) is 0 Å². The maximum absolute atomic E-state index is 13.7. The van der Waals surface area contributed by atoms with Crippen molar-refractivity contribution in [1.29, 1.82) is 0 Å². The van der Waals surface area contributed by atoms with Crippen LogP contribution in [0.4, 0.5) is 0 Å². The molecule has 150 valence electrons. The lowest BCUT2D eigenvalue weighted by Crippen LogP contribution is -2.43. The number of hydrogen-bond donors (Lipinski definition) is 2. The molecule has 0 spiro atoms. The average molecular weight is 406 g/mol. The van der Waals surface area contributed by atoms with Crippen LogP contribution in [0.1, 0.15) is 37.7 Å². The third-order valence-corrected chi connectivity index (χ3v) is 7.63. The van der Waals surface area contributed by atoms with Crippen LogP contribution in [-0.2, 0) is 14.8 Å². The van der Waals surface area contributed by atoms with Crippen molar-refractivity contribution in [2.75, 3.05) is 13.2 Å². The maximum atomic E-state index is 13.7. The Labute approximate surface area is 162 Å². The average Bonchev–Trinajstić information content (AvgIpc) is 3.06. The fraction of sp³-hybridized carbons (Fsp3) is 0.368. The number of allylic oxidation sites excluding steroid dienone is 1. The van der Waals surface area contributed by atoms with Gasteiger partial charge in [0.1, 0.15) is 16.0 Å². The number of aliphatic hydroxyl groups is 1. The second kappa shape index (κ2) is 7.06. The summed E-state index contributed by atoms with van der Waals surface area (Å²) >= 11 is 0. The zero-order valence-corrected chi connectivity index (χ0v) is 16.7. The molecule has 1 unspecified atom stereocenters. The molecule has 0 saturated carbocycles. The molecule has 3 rings (SSSR count). The molecule has 1 aliphatic carbocycles. The smallest absolute Gasteiger partial charge is 0.356 e. The van der Waals surface area contributed by atoms with Crippen molar-refractivity contribution in [3.8, 4) is 0 Å². The summed E-state index contributed by atoms with van der Waals surface area (Å²) in [5.74, 6) is -0.825. The van der Waals surface area contributed by atoms with E-state index in [-0.39, 0.29) is 30.8 Å². The van der Waals surface area contributed by atoms with Gasteiger partial charge in [-0.25, -0.2) is 17.2 Å². The summed E-state index contributed by atoms with van der Waals surface area (Å²) in [6.07, 6.45) is 4.74. The summed E-state index contributed by atoms with van der Waals surface area (Å²) < 4.78 is 31.9. The molecule has 2 N–H and O–H groups in total. The largest absolute Gasteiger partial charge is 0.461 e. The summed E-state index contributed by atoms with van der Waals surface area (Å²) in [4.78, 5) is 27.4. The number of esters is 1. The predicted molar refractivity (Wildman–Crippen MR) is 105 cm³/mol. The second-order valence-corrected chi connectivity index (χ2v) is 9.05. The number of nitrogens with zero attached hydrogens (tertiary/aromatic N) is 1. The Morgan fingerprint density at radius 3 is 2.75 bits per heavy atom. The summed E-state index contributed by atoms with van der Waals surface area (Å²) in [5, 5.41) is 9.67. The monoisotopic (exact) mass is 406 g/mol. The van der Waals surface area contributed by atoms with Crippen molar-refractivity contribution in [1.82, 2.24) is 8.96 Å². The Bertz CT molecular complexity index is 1170. The van der Waals surface area contributed by atoms with Gasteiger partial charge in [-0.05, 0) is 44.9 Å². The fourth-order valence-electron chi connectivity index (χ4n) is 3.33. The number of rotatable bonds is 5. The first-order valence-electron chi connectivity index (χ1n) is 8.81. The lowest BCUT2D eigenvalue weighted by atomic mass is 9.90. The van der Waals surface area contributed by atoms with E-state index in [0.717, 1.165) is 3.97 Å². The highest BCUT2D eigenvalue weighted by molar-refractivity contribution is 7.91. The highest BCUT2D eigenvalue weighted by Gasteiger charge is 2.45. The van der Waals surface area contributed by atoms with Gasteiger partial charge >= 0.3 is 5.97 Å². The number of aromatic amines is 1. The minimum atomic E-state index is -4.24. The standard InChI is InChI=1S/C19H22N2O6S/c1-4-27-18(24)15-10-14-6-8-20-17(23)16(14)21(15)28(25,26)19(3)7-5-13(11-22)9-12(19)2/h5-6,8-10,22H,4,7,11H2,1-3H3,(H,20,23). The predicted octanol–water partition coefficient (Wildman–Crippen LogP) is 1.71. The number of nitrogens with one attached hydrogen (secondary N) is 1. The molecule has 0 amide bonds. The van der Waals surface area contributed by atoms with Gasteiger partial charge in [0.05, 0.1) is 13.2 Å². The molecular formula is C19H22N2O6S. The lowest BCUT2D eigenvalue weighted by Gasteiger charge is -2.33. The molecule has 2 aromatic heterocycles. The van der Waals surface area contributed by atoms with Gasteiger partial charge in [0.2, 0.25) is 10.0 Å². The van der Waals surface area contributed by atoms with Crippen LogP contribution in [0.2, 0.25) is 0 Å². The van der Waals surface area contributed by atoms with Crippen molar-refractivity contribution >= 4 is 26.9 Å². The van der Waals surface area contributed by atoms with Crippen LogP contribution < -0.4 is 5.56 Å². The zero-order chi connectivity index (χ0) is 20.7. The zero-order valence-electron chi connectivity index (χ0n) is 15.9. The molecule has 28 heavy (non-hydrogen) atoms. The van der Waals surface area contributed by atoms with Gasteiger partial charge in [-0.2, -0.15) is 0 Å². The van der Waals surface area contributed by atoms with E-state index >= 15 is 0 Å². The van der Waals surface area contributed by atoms with E-state index in [1.165, 1.54) is 25.3 Å². The minimum Gasteiger partial charge on any atom is -0.461 e.